The number of rotatable bonds is 8. The predicted molar refractivity (Wildman–Crippen MR) is 108 cm³/mol. The maximum Gasteiger partial charge on any atom is 0.191 e. The zero-order chi connectivity index (χ0) is 17.4. The lowest BCUT2D eigenvalue weighted by atomic mass is 10.1. The van der Waals surface area contributed by atoms with Gasteiger partial charge in [0.2, 0.25) is 0 Å². The second-order valence-corrected chi connectivity index (χ2v) is 5.42. The Morgan fingerprint density at radius 3 is 2.44 bits per heavy atom. The van der Waals surface area contributed by atoms with E-state index in [9.17, 15) is 0 Å². The highest BCUT2D eigenvalue weighted by atomic mass is 127. The van der Waals surface area contributed by atoms with Gasteiger partial charge in [-0.1, -0.05) is 31.1 Å². The highest BCUT2D eigenvalue weighted by molar-refractivity contribution is 14.0. The lowest BCUT2D eigenvalue weighted by Crippen LogP contribution is -2.36. The van der Waals surface area contributed by atoms with Crippen LogP contribution in [0.2, 0.25) is 0 Å². The number of aryl methyl sites for hydroxylation is 3. The van der Waals surface area contributed by atoms with Gasteiger partial charge in [0.25, 0.3) is 0 Å². The number of aromatic nitrogens is 2. The molecular weight excluding hydrogens is 433 g/mol. The molecule has 0 aliphatic heterocycles. The fourth-order valence-electron chi connectivity index (χ4n) is 2.39. The molecule has 0 saturated carbocycles. The number of halogens is 1. The summed E-state index contributed by atoms with van der Waals surface area (Å²) in [5.74, 6) is 2.44. The Morgan fingerprint density at radius 1 is 1.04 bits per heavy atom. The van der Waals surface area contributed by atoms with Crippen molar-refractivity contribution in [1.82, 2.24) is 20.9 Å². The minimum Gasteiger partial charge on any atom is -0.361 e. The summed E-state index contributed by atoms with van der Waals surface area (Å²) in [7, 11) is 0. The number of hydrogen-bond acceptors (Lipinski definition) is 5. The molecule has 25 heavy (non-hydrogen) atoms. The monoisotopic (exact) mass is 461 g/mol. The fourth-order valence-corrected chi connectivity index (χ4v) is 2.39. The SMILES string of the molecule is CCNC(=NCc1c(CC)noc1CC)NCc1cc(CC)no1.I. The minimum atomic E-state index is 0. The second kappa shape index (κ2) is 11.1. The van der Waals surface area contributed by atoms with Gasteiger partial charge in [0.05, 0.1) is 24.5 Å². The second-order valence-electron chi connectivity index (χ2n) is 5.42. The summed E-state index contributed by atoms with van der Waals surface area (Å²) in [5.41, 5.74) is 3.03. The molecule has 0 saturated heterocycles. The third kappa shape index (κ3) is 6.02. The van der Waals surface area contributed by atoms with Gasteiger partial charge in [0, 0.05) is 24.6 Å². The third-order valence-electron chi connectivity index (χ3n) is 3.75. The summed E-state index contributed by atoms with van der Waals surface area (Å²) < 4.78 is 10.7. The minimum absolute atomic E-state index is 0. The van der Waals surface area contributed by atoms with Gasteiger partial charge in [-0.25, -0.2) is 4.99 Å². The van der Waals surface area contributed by atoms with E-state index in [1.54, 1.807) is 0 Å². The maximum atomic E-state index is 5.39. The molecule has 0 spiro atoms. The van der Waals surface area contributed by atoms with Crippen LogP contribution in [0.5, 0.6) is 0 Å². The van der Waals surface area contributed by atoms with Crippen LogP contribution >= 0.6 is 24.0 Å². The molecule has 0 atom stereocenters. The van der Waals surface area contributed by atoms with E-state index in [1.807, 2.05) is 13.0 Å². The first kappa shape index (κ1) is 21.5. The Morgan fingerprint density at radius 2 is 1.84 bits per heavy atom. The van der Waals surface area contributed by atoms with Gasteiger partial charge >= 0.3 is 0 Å². The van der Waals surface area contributed by atoms with Gasteiger partial charge in [-0.2, -0.15) is 0 Å². The average Bonchev–Trinajstić information content (AvgIpc) is 3.23. The van der Waals surface area contributed by atoms with E-state index in [0.717, 1.165) is 60.2 Å². The van der Waals surface area contributed by atoms with Crippen molar-refractivity contribution in [3.8, 4) is 0 Å². The van der Waals surface area contributed by atoms with Crippen LogP contribution < -0.4 is 10.6 Å². The number of nitrogens with one attached hydrogen (secondary N) is 2. The van der Waals surface area contributed by atoms with Crippen LogP contribution in [-0.4, -0.2) is 22.8 Å². The molecule has 2 heterocycles. The van der Waals surface area contributed by atoms with Crippen molar-refractivity contribution in [3.63, 3.8) is 0 Å². The number of aliphatic imine (C=N–C) groups is 1. The molecule has 0 amide bonds. The van der Waals surface area contributed by atoms with Crippen molar-refractivity contribution in [3.05, 3.63) is 34.5 Å². The van der Waals surface area contributed by atoms with Crippen LogP contribution in [0.15, 0.2) is 20.1 Å². The van der Waals surface area contributed by atoms with Crippen molar-refractivity contribution in [2.24, 2.45) is 4.99 Å². The van der Waals surface area contributed by atoms with Gasteiger partial charge < -0.3 is 19.7 Å². The fraction of sp³-hybridized carbons (Fsp3) is 0.588. The summed E-state index contributed by atoms with van der Waals surface area (Å²) in [5, 5.41) is 14.6. The molecule has 2 aromatic rings. The summed E-state index contributed by atoms with van der Waals surface area (Å²) >= 11 is 0. The molecule has 140 valence electrons. The normalized spacial score (nSPS) is 11.3. The number of hydrogen-bond donors (Lipinski definition) is 2. The van der Waals surface area contributed by atoms with E-state index in [-0.39, 0.29) is 24.0 Å². The van der Waals surface area contributed by atoms with Crippen LogP contribution in [0.25, 0.3) is 0 Å². The van der Waals surface area contributed by atoms with E-state index in [1.165, 1.54) is 0 Å². The van der Waals surface area contributed by atoms with Gasteiger partial charge in [-0.3, -0.25) is 0 Å². The quantitative estimate of drug-likeness (QED) is 0.357. The maximum absolute atomic E-state index is 5.39. The van der Waals surface area contributed by atoms with Crippen LogP contribution in [0.1, 0.15) is 56.2 Å². The topological polar surface area (TPSA) is 88.5 Å². The smallest absolute Gasteiger partial charge is 0.191 e. The standard InChI is InChI=1S/C17H27N5O2.HI/c1-5-12-9-13(23-21-12)10-19-17(18-8-4)20-11-14-15(6-2)22-24-16(14)7-3;/h9H,5-8,10-11H2,1-4H3,(H2,18,19,20);1H. The van der Waals surface area contributed by atoms with Crippen molar-refractivity contribution < 1.29 is 9.05 Å². The van der Waals surface area contributed by atoms with Gasteiger partial charge in [-0.05, 0) is 19.8 Å². The van der Waals surface area contributed by atoms with E-state index < -0.39 is 0 Å². The molecule has 2 rings (SSSR count). The largest absolute Gasteiger partial charge is 0.361 e. The molecule has 0 aliphatic rings. The molecular formula is C17H28IN5O2. The summed E-state index contributed by atoms with van der Waals surface area (Å²) in [6, 6.07) is 1.96. The zero-order valence-electron chi connectivity index (χ0n) is 15.4. The van der Waals surface area contributed by atoms with Gasteiger partial charge in [0.15, 0.2) is 11.7 Å². The van der Waals surface area contributed by atoms with Crippen LogP contribution in [0, 0.1) is 0 Å². The van der Waals surface area contributed by atoms with Gasteiger partial charge in [-0.15, -0.1) is 24.0 Å². The van der Waals surface area contributed by atoms with Crippen LogP contribution in [0.4, 0.5) is 0 Å². The molecule has 0 aromatic carbocycles. The first-order valence-corrected chi connectivity index (χ1v) is 8.64. The van der Waals surface area contributed by atoms with E-state index in [2.05, 4.69) is 46.7 Å². The summed E-state index contributed by atoms with van der Waals surface area (Å²) in [6.45, 7) is 10.1. The molecule has 0 aliphatic carbocycles. The molecule has 7 nitrogen and oxygen atoms in total. The van der Waals surface area contributed by atoms with E-state index >= 15 is 0 Å². The van der Waals surface area contributed by atoms with Crippen molar-refractivity contribution in [2.45, 2.75) is 60.0 Å². The number of guanidine groups is 1. The summed E-state index contributed by atoms with van der Waals surface area (Å²) in [6.07, 6.45) is 2.53. The molecule has 8 heteroatoms. The predicted octanol–water partition coefficient (Wildman–Crippen LogP) is 3.22. The Kier molecular flexibility index (Phi) is 9.54. The van der Waals surface area contributed by atoms with Crippen molar-refractivity contribution in [2.75, 3.05) is 6.54 Å². The van der Waals surface area contributed by atoms with Crippen LogP contribution in [-0.2, 0) is 32.4 Å². The Balaban J connectivity index is 0.00000312. The molecule has 2 N–H and O–H groups in total. The molecule has 0 fully saturated rings. The summed E-state index contributed by atoms with van der Waals surface area (Å²) in [4.78, 5) is 4.65. The highest BCUT2D eigenvalue weighted by Crippen LogP contribution is 2.16. The Hall–Kier alpha value is -1.58. The lowest BCUT2D eigenvalue weighted by molar-refractivity contribution is 0.374. The van der Waals surface area contributed by atoms with Crippen molar-refractivity contribution >= 4 is 29.9 Å². The molecule has 0 bridgehead atoms. The first-order chi connectivity index (χ1) is 11.7. The molecule has 0 radical (unpaired) electrons. The Labute approximate surface area is 166 Å². The average molecular weight is 461 g/mol. The molecule has 2 aromatic heterocycles. The zero-order valence-corrected chi connectivity index (χ0v) is 17.7. The van der Waals surface area contributed by atoms with Crippen molar-refractivity contribution in [1.29, 1.82) is 0 Å². The number of nitrogens with zero attached hydrogens (tertiary/aromatic N) is 3. The lowest BCUT2D eigenvalue weighted by Gasteiger charge is -2.10. The third-order valence-corrected chi connectivity index (χ3v) is 3.75. The molecule has 0 unspecified atom stereocenters. The van der Waals surface area contributed by atoms with E-state index in [0.29, 0.717) is 13.1 Å². The van der Waals surface area contributed by atoms with Crippen LogP contribution in [0.3, 0.4) is 0 Å². The highest BCUT2D eigenvalue weighted by Gasteiger charge is 2.13. The van der Waals surface area contributed by atoms with Gasteiger partial charge in [0.1, 0.15) is 5.76 Å². The Bertz CT molecular complexity index is 644. The van der Waals surface area contributed by atoms with E-state index in [4.69, 9.17) is 9.05 Å². The first-order valence-electron chi connectivity index (χ1n) is 8.64.